The van der Waals surface area contributed by atoms with Crippen molar-refractivity contribution in [1.82, 2.24) is 4.98 Å². The number of carbonyl (C=O) groups is 1. The van der Waals surface area contributed by atoms with Gasteiger partial charge in [0.2, 0.25) is 0 Å². The molecule has 0 aliphatic rings. The van der Waals surface area contributed by atoms with Crippen LogP contribution in [0.4, 0.5) is 15.8 Å². The third-order valence-corrected chi connectivity index (χ3v) is 2.44. The number of H-pyrrole nitrogens is 1. The van der Waals surface area contributed by atoms with E-state index in [9.17, 15) is 9.18 Å². The lowest BCUT2D eigenvalue weighted by molar-refractivity contribution is 0.0989. The van der Waals surface area contributed by atoms with Gasteiger partial charge in [-0.05, 0) is 24.3 Å². The number of hydrogen-bond donors (Lipinski definition) is 2. The number of carbonyl (C=O) groups excluding carboxylic acids is 1. The van der Waals surface area contributed by atoms with Crippen molar-refractivity contribution < 1.29 is 9.18 Å². The summed E-state index contributed by atoms with van der Waals surface area (Å²) in [5.41, 5.74) is 6.86. The smallest absolute Gasteiger partial charge is 0.274 e. The summed E-state index contributed by atoms with van der Waals surface area (Å²) in [4.78, 5) is 16.1. The number of hydrogen-bond acceptors (Lipinski definition) is 2. The van der Waals surface area contributed by atoms with E-state index in [0.717, 1.165) is 0 Å². The summed E-state index contributed by atoms with van der Waals surface area (Å²) in [7, 11) is 1.58. The van der Waals surface area contributed by atoms with Crippen molar-refractivity contribution in [3.05, 3.63) is 48.0 Å². The average Bonchev–Trinajstić information content (AvgIpc) is 2.74. The van der Waals surface area contributed by atoms with E-state index in [1.54, 1.807) is 19.2 Å². The van der Waals surface area contributed by atoms with Crippen molar-refractivity contribution in [2.45, 2.75) is 0 Å². The Morgan fingerprint density at radius 1 is 1.41 bits per heavy atom. The molecule has 0 fully saturated rings. The van der Waals surface area contributed by atoms with E-state index in [-0.39, 0.29) is 11.7 Å². The van der Waals surface area contributed by atoms with Gasteiger partial charge in [0.05, 0.1) is 0 Å². The topological polar surface area (TPSA) is 62.1 Å². The van der Waals surface area contributed by atoms with Crippen molar-refractivity contribution in [1.29, 1.82) is 0 Å². The van der Waals surface area contributed by atoms with Crippen LogP contribution in [0.1, 0.15) is 10.5 Å². The van der Waals surface area contributed by atoms with Gasteiger partial charge in [0.1, 0.15) is 11.5 Å². The van der Waals surface area contributed by atoms with Crippen molar-refractivity contribution in [2.75, 3.05) is 17.7 Å². The summed E-state index contributed by atoms with van der Waals surface area (Å²) < 4.78 is 13.0. The summed E-state index contributed by atoms with van der Waals surface area (Å²) in [5.74, 6) is -0.652. The van der Waals surface area contributed by atoms with E-state index < -0.39 is 0 Å². The Hall–Kier alpha value is -2.30. The molecule has 2 aromatic rings. The fourth-order valence-corrected chi connectivity index (χ4v) is 1.52. The summed E-state index contributed by atoms with van der Waals surface area (Å²) >= 11 is 0. The lowest BCUT2D eigenvalue weighted by Gasteiger charge is -2.16. The number of nitrogen functional groups attached to an aromatic ring is 1. The third kappa shape index (κ3) is 2.28. The number of nitrogens with zero attached hydrogens (tertiary/aromatic N) is 1. The summed E-state index contributed by atoms with van der Waals surface area (Å²) in [6.07, 6.45) is 1.53. The molecule has 1 amide bonds. The minimum atomic E-state index is -0.381. The second-order valence-electron chi connectivity index (χ2n) is 3.69. The van der Waals surface area contributed by atoms with E-state index in [2.05, 4.69) is 4.98 Å². The number of nitrogens with one attached hydrogen (secondary N) is 1. The highest BCUT2D eigenvalue weighted by Gasteiger charge is 2.15. The van der Waals surface area contributed by atoms with Crippen LogP contribution in [0.15, 0.2) is 36.5 Å². The lowest BCUT2D eigenvalue weighted by Crippen LogP contribution is -2.26. The molecule has 1 aromatic carbocycles. The number of aromatic nitrogens is 1. The number of nitrogens with two attached hydrogens (primary N) is 1. The van der Waals surface area contributed by atoms with Crippen molar-refractivity contribution in [2.24, 2.45) is 0 Å². The molecule has 0 aliphatic heterocycles. The van der Waals surface area contributed by atoms with Gasteiger partial charge in [0.25, 0.3) is 5.91 Å². The molecule has 0 unspecified atom stereocenters. The highest BCUT2D eigenvalue weighted by molar-refractivity contribution is 6.05. The highest BCUT2D eigenvalue weighted by Crippen LogP contribution is 2.17. The molecule has 0 bridgehead atoms. The third-order valence-electron chi connectivity index (χ3n) is 2.44. The standard InChI is InChI=1S/C12H12FN3O/c1-16(10-4-2-3-8(13)5-10)12(17)11-6-9(14)7-15-11/h2-7,15H,14H2,1H3. The number of rotatable bonds is 2. The van der Waals surface area contributed by atoms with Gasteiger partial charge >= 0.3 is 0 Å². The SMILES string of the molecule is CN(C(=O)c1cc(N)c[nH]1)c1cccc(F)c1. The summed E-state index contributed by atoms with van der Waals surface area (Å²) in [6, 6.07) is 7.38. The molecule has 1 aromatic heterocycles. The zero-order valence-electron chi connectivity index (χ0n) is 9.27. The Bertz CT molecular complexity index is 550. The number of aromatic amines is 1. The maximum Gasteiger partial charge on any atom is 0.274 e. The predicted octanol–water partition coefficient (Wildman–Crippen LogP) is 2.01. The van der Waals surface area contributed by atoms with E-state index >= 15 is 0 Å². The molecule has 0 atom stereocenters. The van der Waals surface area contributed by atoms with Crippen LogP contribution in [0.3, 0.4) is 0 Å². The van der Waals surface area contributed by atoms with E-state index in [4.69, 9.17) is 5.73 Å². The van der Waals surface area contributed by atoms with Crippen LogP contribution >= 0.6 is 0 Å². The Kier molecular flexibility index (Phi) is 2.82. The fraction of sp³-hybridized carbons (Fsp3) is 0.0833. The van der Waals surface area contributed by atoms with E-state index in [1.807, 2.05) is 0 Å². The Morgan fingerprint density at radius 3 is 2.76 bits per heavy atom. The molecule has 0 saturated carbocycles. The van der Waals surface area contributed by atoms with Gasteiger partial charge < -0.3 is 15.6 Å². The number of anilines is 2. The van der Waals surface area contributed by atoms with E-state index in [0.29, 0.717) is 17.1 Å². The van der Waals surface area contributed by atoms with Crippen LogP contribution in [0.5, 0.6) is 0 Å². The van der Waals surface area contributed by atoms with Gasteiger partial charge in [-0.3, -0.25) is 4.79 Å². The monoisotopic (exact) mass is 233 g/mol. The molecule has 2 rings (SSSR count). The van der Waals surface area contributed by atoms with Gasteiger partial charge in [-0.1, -0.05) is 6.07 Å². The van der Waals surface area contributed by atoms with Gasteiger partial charge in [0, 0.05) is 24.6 Å². The molecule has 3 N–H and O–H groups in total. The number of halogens is 1. The second-order valence-corrected chi connectivity index (χ2v) is 3.69. The van der Waals surface area contributed by atoms with Gasteiger partial charge in [0.15, 0.2) is 0 Å². The first-order chi connectivity index (χ1) is 8.08. The quantitative estimate of drug-likeness (QED) is 0.833. The Balaban J connectivity index is 2.26. The maximum atomic E-state index is 13.0. The highest BCUT2D eigenvalue weighted by atomic mass is 19.1. The minimum absolute atomic E-state index is 0.271. The van der Waals surface area contributed by atoms with Crippen molar-refractivity contribution in [3.63, 3.8) is 0 Å². The number of amides is 1. The molecule has 0 radical (unpaired) electrons. The first-order valence-corrected chi connectivity index (χ1v) is 5.05. The molecule has 1 heterocycles. The molecular formula is C12H12FN3O. The van der Waals surface area contributed by atoms with Gasteiger partial charge in [-0.25, -0.2) is 4.39 Å². The molecule has 17 heavy (non-hydrogen) atoms. The summed E-state index contributed by atoms with van der Waals surface area (Å²) in [5, 5.41) is 0. The zero-order valence-corrected chi connectivity index (χ0v) is 9.27. The first kappa shape index (κ1) is 11.2. The summed E-state index contributed by atoms with van der Waals surface area (Å²) in [6.45, 7) is 0. The molecule has 0 aliphatic carbocycles. The molecular weight excluding hydrogens is 221 g/mol. The van der Waals surface area contributed by atoms with Crippen LogP contribution in [0.25, 0.3) is 0 Å². The Morgan fingerprint density at radius 2 is 2.18 bits per heavy atom. The van der Waals surface area contributed by atoms with Crippen LogP contribution in [-0.4, -0.2) is 17.9 Å². The number of benzene rings is 1. The van der Waals surface area contributed by atoms with Crippen LogP contribution in [0.2, 0.25) is 0 Å². The molecule has 0 saturated heterocycles. The predicted molar refractivity (Wildman–Crippen MR) is 64.3 cm³/mol. The molecule has 0 spiro atoms. The van der Waals surface area contributed by atoms with Gasteiger partial charge in [-0.2, -0.15) is 0 Å². The molecule has 5 heteroatoms. The largest absolute Gasteiger partial charge is 0.397 e. The van der Waals surface area contributed by atoms with Crippen LogP contribution < -0.4 is 10.6 Å². The van der Waals surface area contributed by atoms with Crippen molar-refractivity contribution >= 4 is 17.3 Å². The van der Waals surface area contributed by atoms with Gasteiger partial charge in [-0.15, -0.1) is 0 Å². The normalized spacial score (nSPS) is 10.2. The van der Waals surface area contributed by atoms with E-state index in [1.165, 1.54) is 29.3 Å². The second kappa shape index (κ2) is 4.29. The maximum absolute atomic E-state index is 13.0. The van der Waals surface area contributed by atoms with Crippen molar-refractivity contribution in [3.8, 4) is 0 Å². The lowest BCUT2D eigenvalue weighted by atomic mass is 10.2. The average molecular weight is 233 g/mol. The minimum Gasteiger partial charge on any atom is -0.397 e. The zero-order chi connectivity index (χ0) is 12.4. The van der Waals surface area contributed by atoms with Crippen LogP contribution in [0, 0.1) is 5.82 Å². The molecule has 88 valence electrons. The fourth-order valence-electron chi connectivity index (χ4n) is 1.52. The molecule has 4 nitrogen and oxygen atoms in total. The first-order valence-electron chi connectivity index (χ1n) is 5.05. The Labute approximate surface area is 97.9 Å². The van der Waals surface area contributed by atoms with Crippen LogP contribution in [-0.2, 0) is 0 Å².